The Balaban J connectivity index is 1.86. The van der Waals surface area contributed by atoms with Crippen LogP contribution in [0.2, 0.25) is 0 Å². The summed E-state index contributed by atoms with van der Waals surface area (Å²) in [7, 11) is -3.19. The van der Waals surface area contributed by atoms with Gasteiger partial charge in [0, 0.05) is 12.8 Å². The summed E-state index contributed by atoms with van der Waals surface area (Å²) in [4.78, 5) is 0.270. The number of nitrogens with one attached hydrogen (secondary N) is 1. The largest absolute Gasteiger partial charge is 0.397 e. The molecule has 0 spiro atoms. The molecule has 21 heavy (non-hydrogen) atoms. The topological polar surface area (TPSA) is 72.2 Å². The van der Waals surface area contributed by atoms with E-state index >= 15 is 0 Å². The van der Waals surface area contributed by atoms with Crippen molar-refractivity contribution >= 4 is 21.2 Å². The van der Waals surface area contributed by atoms with Gasteiger partial charge in [0.05, 0.1) is 16.3 Å². The number of hydrogen-bond donors (Lipinski definition) is 2. The minimum Gasteiger partial charge on any atom is -0.397 e. The summed E-state index contributed by atoms with van der Waals surface area (Å²) in [6.45, 7) is 3.22. The third kappa shape index (κ3) is 4.63. The van der Waals surface area contributed by atoms with Gasteiger partial charge in [-0.1, -0.05) is 32.6 Å². The molecule has 0 aromatic heterocycles. The minimum absolute atomic E-state index is 0.270. The van der Waals surface area contributed by atoms with E-state index < -0.39 is 9.84 Å². The predicted octanol–water partition coefficient (Wildman–Crippen LogP) is 3.30. The smallest absolute Gasteiger partial charge is 0.175 e. The monoisotopic (exact) mass is 310 g/mol. The number of anilines is 2. The summed E-state index contributed by atoms with van der Waals surface area (Å²) in [5.74, 6) is 1.69. The summed E-state index contributed by atoms with van der Waals surface area (Å²) < 4.78 is 22.9. The second-order valence-electron chi connectivity index (χ2n) is 6.36. The highest BCUT2D eigenvalue weighted by molar-refractivity contribution is 7.90. The Morgan fingerprint density at radius 3 is 2.48 bits per heavy atom. The Morgan fingerprint density at radius 2 is 1.90 bits per heavy atom. The van der Waals surface area contributed by atoms with Crippen molar-refractivity contribution in [2.75, 3.05) is 23.9 Å². The second kappa shape index (κ2) is 6.69. The molecule has 0 amide bonds. The van der Waals surface area contributed by atoms with Crippen molar-refractivity contribution in [2.45, 2.75) is 43.9 Å². The fourth-order valence-corrected chi connectivity index (χ4v) is 3.62. The van der Waals surface area contributed by atoms with Gasteiger partial charge < -0.3 is 11.1 Å². The molecule has 5 heteroatoms. The summed E-state index contributed by atoms with van der Waals surface area (Å²) in [5, 5.41) is 3.33. The van der Waals surface area contributed by atoms with E-state index in [0.717, 1.165) is 30.5 Å². The minimum atomic E-state index is -3.19. The van der Waals surface area contributed by atoms with Crippen LogP contribution in [0.5, 0.6) is 0 Å². The molecule has 0 aliphatic heterocycles. The van der Waals surface area contributed by atoms with Gasteiger partial charge in [-0.3, -0.25) is 0 Å². The van der Waals surface area contributed by atoms with Gasteiger partial charge in [-0.25, -0.2) is 8.42 Å². The molecule has 0 saturated heterocycles. The van der Waals surface area contributed by atoms with Crippen molar-refractivity contribution in [2.24, 2.45) is 11.8 Å². The lowest BCUT2D eigenvalue weighted by atomic mass is 9.81. The van der Waals surface area contributed by atoms with Crippen LogP contribution in [0.3, 0.4) is 0 Å². The summed E-state index contributed by atoms with van der Waals surface area (Å²) in [6.07, 6.45) is 7.68. The highest BCUT2D eigenvalue weighted by atomic mass is 32.2. The van der Waals surface area contributed by atoms with Crippen molar-refractivity contribution in [3.63, 3.8) is 0 Å². The van der Waals surface area contributed by atoms with E-state index in [1.807, 2.05) is 0 Å². The number of nitrogen functional groups attached to an aromatic ring is 1. The average Bonchev–Trinajstić information content (AvgIpc) is 2.41. The van der Waals surface area contributed by atoms with Crippen LogP contribution < -0.4 is 11.1 Å². The first-order valence-corrected chi connectivity index (χ1v) is 9.59. The molecule has 1 fully saturated rings. The molecule has 3 N–H and O–H groups in total. The SMILES string of the molecule is CC1CCC(CCNc2ccc(S(C)(=O)=O)cc2N)CC1. The van der Waals surface area contributed by atoms with E-state index in [1.165, 1.54) is 38.0 Å². The fraction of sp³-hybridized carbons (Fsp3) is 0.625. The molecule has 1 aliphatic carbocycles. The van der Waals surface area contributed by atoms with Gasteiger partial charge >= 0.3 is 0 Å². The molecule has 0 unspecified atom stereocenters. The maximum atomic E-state index is 11.5. The zero-order valence-electron chi connectivity index (χ0n) is 12.9. The van der Waals surface area contributed by atoms with Crippen LogP contribution in [0, 0.1) is 11.8 Å². The summed E-state index contributed by atoms with van der Waals surface area (Å²) in [6, 6.07) is 4.89. The van der Waals surface area contributed by atoms with Gasteiger partial charge in [0.15, 0.2) is 9.84 Å². The molecule has 0 bridgehead atoms. The zero-order valence-corrected chi connectivity index (χ0v) is 13.7. The normalized spacial score (nSPS) is 23.0. The summed E-state index contributed by atoms with van der Waals surface area (Å²) in [5.41, 5.74) is 7.25. The van der Waals surface area contributed by atoms with E-state index in [-0.39, 0.29) is 4.90 Å². The van der Waals surface area contributed by atoms with Crippen LogP contribution in [0.4, 0.5) is 11.4 Å². The van der Waals surface area contributed by atoms with Gasteiger partial charge in [0.2, 0.25) is 0 Å². The van der Waals surface area contributed by atoms with E-state index in [4.69, 9.17) is 5.73 Å². The molecule has 0 atom stereocenters. The molecule has 0 heterocycles. The lowest BCUT2D eigenvalue weighted by Crippen LogP contribution is -2.16. The molecule has 1 saturated carbocycles. The maximum absolute atomic E-state index is 11.5. The molecule has 1 aromatic rings. The van der Waals surface area contributed by atoms with Crippen LogP contribution >= 0.6 is 0 Å². The van der Waals surface area contributed by atoms with Crippen molar-refractivity contribution in [3.8, 4) is 0 Å². The van der Waals surface area contributed by atoms with E-state index in [1.54, 1.807) is 12.1 Å². The van der Waals surface area contributed by atoms with Crippen molar-refractivity contribution < 1.29 is 8.42 Å². The van der Waals surface area contributed by atoms with Crippen LogP contribution in [0.25, 0.3) is 0 Å². The zero-order chi connectivity index (χ0) is 15.5. The summed E-state index contributed by atoms with van der Waals surface area (Å²) >= 11 is 0. The number of nitrogens with two attached hydrogens (primary N) is 1. The molecule has 1 aliphatic rings. The van der Waals surface area contributed by atoms with Crippen molar-refractivity contribution in [1.82, 2.24) is 0 Å². The highest BCUT2D eigenvalue weighted by Crippen LogP contribution is 2.30. The standard InChI is InChI=1S/C16H26N2O2S/c1-12-3-5-13(6-4-12)9-10-18-16-8-7-14(11-15(16)17)21(2,19)20/h7-8,11-13,18H,3-6,9-10,17H2,1-2H3. The molecule has 4 nitrogen and oxygen atoms in total. The molecule has 118 valence electrons. The first-order valence-electron chi connectivity index (χ1n) is 7.69. The van der Waals surface area contributed by atoms with Crippen LogP contribution in [-0.2, 0) is 9.84 Å². The number of sulfone groups is 1. The van der Waals surface area contributed by atoms with Crippen molar-refractivity contribution in [3.05, 3.63) is 18.2 Å². The van der Waals surface area contributed by atoms with Gasteiger partial charge in [-0.2, -0.15) is 0 Å². The quantitative estimate of drug-likeness (QED) is 0.819. The molecule has 2 rings (SSSR count). The van der Waals surface area contributed by atoms with Crippen LogP contribution in [0.1, 0.15) is 39.0 Å². The Hall–Kier alpha value is -1.23. The van der Waals surface area contributed by atoms with E-state index in [2.05, 4.69) is 12.2 Å². The first-order chi connectivity index (χ1) is 9.86. The van der Waals surface area contributed by atoms with E-state index in [9.17, 15) is 8.42 Å². The van der Waals surface area contributed by atoms with Gasteiger partial charge in [0.25, 0.3) is 0 Å². The Kier molecular flexibility index (Phi) is 5.14. The fourth-order valence-electron chi connectivity index (χ4n) is 2.96. The first kappa shape index (κ1) is 16.1. The van der Waals surface area contributed by atoms with Gasteiger partial charge in [0.1, 0.15) is 0 Å². The third-order valence-corrected chi connectivity index (χ3v) is 5.56. The highest BCUT2D eigenvalue weighted by Gasteiger charge is 2.17. The maximum Gasteiger partial charge on any atom is 0.175 e. The lowest BCUT2D eigenvalue weighted by molar-refractivity contribution is 0.282. The number of benzene rings is 1. The molecular formula is C16H26N2O2S. The van der Waals surface area contributed by atoms with Crippen LogP contribution in [-0.4, -0.2) is 21.2 Å². The van der Waals surface area contributed by atoms with Crippen molar-refractivity contribution in [1.29, 1.82) is 0 Å². The second-order valence-corrected chi connectivity index (χ2v) is 8.38. The van der Waals surface area contributed by atoms with E-state index in [0.29, 0.717) is 5.69 Å². The van der Waals surface area contributed by atoms with Gasteiger partial charge in [-0.05, 0) is 36.5 Å². The average molecular weight is 310 g/mol. The molecular weight excluding hydrogens is 284 g/mol. The molecule has 1 aromatic carbocycles. The number of hydrogen-bond acceptors (Lipinski definition) is 4. The number of rotatable bonds is 5. The molecule has 0 radical (unpaired) electrons. The Morgan fingerprint density at radius 1 is 1.24 bits per heavy atom. The van der Waals surface area contributed by atoms with Crippen LogP contribution in [0.15, 0.2) is 23.1 Å². The Bertz CT molecular complexity index is 576. The predicted molar refractivity (Wildman–Crippen MR) is 88.2 cm³/mol. The van der Waals surface area contributed by atoms with Gasteiger partial charge in [-0.15, -0.1) is 0 Å². The Labute approximate surface area is 128 Å². The third-order valence-electron chi connectivity index (χ3n) is 4.45. The lowest BCUT2D eigenvalue weighted by Gasteiger charge is -2.26.